The molecule has 4 atom stereocenters. The Morgan fingerprint density at radius 3 is 2.43 bits per heavy atom. The zero-order valence-corrected chi connectivity index (χ0v) is 15.1. The molecule has 0 amide bonds. The number of benzene rings is 2. The average Bonchev–Trinajstić information content (AvgIpc) is 2.86. The van der Waals surface area contributed by atoms with Crippen LogP contribution in [-0.4, -0.2) is 35.1 Å². The minimum absolute atomic E-state index is 0.134. The van der Waals surface area contributed by atoms with E-state index in [9.17, 15) is 23.1 Å². The van der Waals surface area contributed by atoms with Crippen LogP contribution in [0, 0.1) is 11.3 Å². The van der Waals surface area contributed by atoms with Crippen molar-refractivity contribution in [3.05, 3.63) is 70.8 Å². The molecule has 4 unspecified atom stereocenters. The molecule has 1 aliphatic carbocycles. The summed E-state index contributed by atoms with van der Waals surface area (Å²) in [4.78, 5) is 14.7. The average molecular weight is 387 g/mol. The molecule has 5 rings (SSSR count). The van der Waals surface area contributed by atoms with E-state index < -0.39 is 23.1 Å². The third-order valence-corrected chi connectivity index (χ3v) is 7.00. The largest absolute Gasteiger partial charge is 0.481 e. The fourth-order valence-electron chi connectivity index (χ4n) is 5.70. The van der Waals surface area contributed by atoms with E-state index in [1.54, 1.807) is 0 Å². The van der Waals surface area contributed by atoms with Gasteiger partial charge in [-0.1, -0.05) is 36.4 Å². The summed E-state index contributed by atoms with van der Waals surface area (Å²) >= 11 is 0. The lowest BCUT2D eigenvalue weighted by Gasteiger charge is -2.45. The molecule has 0 bridgehead atoms. The summed E-state index contributed by atoms with van der Waals surface area (Å²) in [6.45, 7) is 1.41. The molecule has 28 heavy (non-hydrogen) atoms. The van der Waals surface area contributed by atoms with E-state index in [0.29, 0.717) is 13.0 Å². The Balaban J connectivity index is 1.67. The molecule has 2 saturated heterocycles. The van der Waals surface area contributed by atoms with Gasteiger partial charge in [0.05, 0.1) is 11.0 Å². The number of halogens is 3. The van der Waals surface area contributed by atoms with E-state index in [1.165, 1.54) is 12.1 Å². The molecule has 1 N–H and O–H groups in total. The van der Waals surface area contributed by atoms with E-state index in [4.69, 9.17) is 0 Å². The van der Waals surface area contributed by atoms with E-state index in [-0.39, 0.29) is 17.9 Å². The van der Waals surface area contributed by atoms with Gasteiger partial charge in [-0.05, 0) is 48.2 Å². The van der Waals surface area contributed by atoms with Gasteiger partial charge in [0.15, 0.2) is 0 Å². The third-order valence-electron chi connectivity index (χ3n) is 7.00. The molecular weight excluding hydrogens is 367 g/mol. The summed E-state index contributed by atoms with van der Waals surface area (Å²) in [7, 11) is 0. The standard InChI is InChI=1S/C22H20F3NO2/c23-22(24,25)15-7-5-13(6-8-15)18-16-4-2-1-3-14(16)11-21(20(27)28)12-26-10-9-17(26)19(18)21/h1-8,17-19H,9-12H2,(H,27,28). The maximum Gasteiger partial charge on any atom is 0.416 e. The second kappa shape index (κ2) is 5.83. The van der Waals surface area contributed by atoms with Gasteiger partial charge < -0.3 is 5.11 Å². The first-order chi connectivity index (χ1) is 13.3. The Kier molecular flexibility index (Phi) is 3.69. The molecule has 0 aromatic heterocycles. The van der Waals surface area contributed by atoms with Crippen molar-refractivity contribution in [3.63, 3.8) is 0 Å². The topological polar surface area (TPSA) is 40.5 Å². The third kappa shape index (κ3) is 2.37. The summed E-state index contributed by atoms with van der Waals surface area (Å²) in [6, 6.07) is 13.3. The van der Waals surface area contributed by atoms with E-state index in [1.807, 2.05) is 24.3 Å². The molecule has 0 spiro atoms. The Hall–Kier alpha value is -2.34. The highest BCUT2D eigenvalue weighted by molar-refractivity contribution is 5.78. The highest BCUT2D eigenvalue weighted by Gasteiger charge is 2.64. The van der Waals surface area contributed by atoms with Gasteiger partial charge >= 0.3 is 12.1 Å². The van der Waals surface area contributed by atoms with Gasteiger partial charge in [-0.15, -0.1) is 0 Å². The number of carbonyl (C=O) groups is 1. The maximum atomic E-state index is 13.0. The van der Waals surface area contributed by atoms with Gasteiger partial charge in [-0.3, -0.25) is 9.69 Å². The fraction of sp³-hybridized carbons (Fsp3) is 0.409. The molecule has 6 heteroatoms. The van der Waals surface area contributed by atoms with Crippen LogP contribution in [0.15, 0.2) is 48.5 Å². The number of fused-ring (bicyclic) bond motifs is 4. The van der Waals surface area contributed by atoms with Gasteiger partial charge in [-0.2, -0.15) is 13.2 Å². The van der Waals surface area contributed by atoms with Crippen molar-refractivity contribution >= 4 is 5.97 Å². The monoisotopic (exact) mass is 387 g/mol. The Morgan fingerprint density at radius 1 is 1.11 bits per heavy atom. The first kappa shape index (κ1) is 17.7. The SMILES string of the molecule is O=C(O)C12Cc3ccccc3C(c3ccc(C(F)(F)F)cc3)C1C1CCN1C2. The lowest BCUT2D eigenvalue weighted by Crippen LogP contribution is -2.49. The van der Waals surface area contributed by atoms with Gasteiger partial charge in [0.25, 0.3) is 0 Å². The molecule has 2 heterocycles. The number of nitrogens with zero attached hydrogens (tertiary/aromatic N) is 1. The summed E-state index contributed by atoms with van der Waals surface area (Å²) in [5.41, 5.74) is 1.25. The lowest BCUT2D eigenvalue weighted by molar-refractivity contribution is -0.151. The smallest absolute Gasteiger partial charge is 0.416 e. The predicted octanol–water partition coefficient (Wildman–Crippen LogP) is 4.17. The molecule has 146 valence electrons. The van der Waals surface area contributed by atoms with Crippen LogP contribution in [0.2, 0.25) is 0 Å². The molecule has 2 aromatic rings. The van der Waals surface area contributed by atoms with Crippen LogP contribution in [0.4, 0.5) is 13.2 Å². The van der Waals surface area contributed by atoms with Gasteiger partial charge in [0, 0.05) is 24.4 Å². The lowest BCUT2D eigenvalue weighted by atomic mass is 9.57. The fourth-order valence-corrected chi connectivity index (χ4v) is 5.70. The van der Waals surface area contributed by atoms with Gasteiger partial charge in [0.1, 0.15) is 0 Å². The molecule has 2 aliphatic heterocycles. The van der Waals surface area contributed by atoms with Crippen molar-refractivity contribution < 1.29 is 23.1 Å². The maximum absolute atomic E-state index is 13.0. The predicted molar refractivity (Wildman–Crippen MR) is 97.0 cm³/mol. The van der Waals surface area contributed by atoms with Crippen LogP contribution in [-0.2, 0) is 17.4 Å². The first-order valence-electron chi connectivity index (χ1n) is 9.54. The molecule has 0 saturated carbocycles. The Labute approximate surface area is 160 Å². The van der Waals surface area contributed by atoms with Crippen molar-refractivity contribution in [2.24, 2.45) is 11.3 Å². The van der Waals surface area contributed by atoms with E-state index in [2.05, 4.69) is 4.90 Å². The van der Waals surface area contributed by atoms with Crippen LogP contribution in [0.25, 0.3) is 0 Å². The zero-order valence-electron chi connectivity index (χ0n) is 15.1. The highest BCUT2D eigenvalue weighted by atomic mass is 19.4. The minimum atomic E-state index is -4.38. The Morgan fingerprint density at radius 2 is 1.82 bits per heavy atom. The summed E-state index contributed by atoms with van der Waals surface area (Å²) in [5, 5.41) is 10.2. The molecule has 2 aromatic carbocycles. The number of aliphatic carboxylic acids is 1. The van der Waals surface area contributed by atoms with Crippen molar-refractivity contribution in [1.82, 2.24) is 4.90 Å². The summed E-state index contributed by atoms with van der Waals surface area (Å²) in [6.07, 6.45) is -2.96. The number of hydrogen-bond donors (Lipinski definition) is 1. The zero-order chi connectivity index (χ0) is 19.7. The van der Waals surface area contributed by atoms with Gasteiger partial charge in [0.2, 0.25) is 0 Å². The number of alkyl halides is 3. The molecule has 2 fully saturated rings. The first-order valence-corrected chi connectivity index (χ1v) is 9.54. The van der Waals surface area contributed by atoms with Crippen LogP contribution in [0.3, 0.4) is 0 Å². The van der Waals surface area contributed by atoms with E-state index >= 15 is 0 Å². The molecule has 0 radical (unpaired) electrons. The Bertz CT molecular complexity index is 940. The normalized spacial score (nSPS) is 31.5. The second-order valence-electron chi connectivity index (χ2n) is 8.29. The van der Waals surface area contributed by atoms with Gasteiger partial charge in [-0.25, -0.2) is 0 Å². The van der Waals surface area contributed by atoms with Crippen molar-refractivity contribution in [2.45, 2.75) is 31.0 Å². The number of carboxylic acids is 1. The quantitative estimate of drug-likeness (QED) is 0.841. The second-order valence-corrected chi connectivity index (χ2v) is 8.29. The highest BCUT2D eigenvalue weighted by Crippen LogP contribution is 2.59. The summed E-state index contributed by atoms with van der Waals surface area (Å²) < 4.78 is 39.1. The minimum Gasteiger partial charge on any atom is -0.481 e. The molecular formula is C22H20F3NO2. The van der Waals surface area contributed by atoms with Crippen LogP contribution in [0.5, 0.6) is 0 Å². The number of hydrogen-bond acceptors (Lipinski definition) is 2. The van der Waals surface area contributed by atoms with Crippen molar-refractivity contribution in [2.75, 3.05) is 13.1 Å². The van der Waals surface area contributed by atoms with Crippen LogP contribution in [0.1, 0.15) is 34.6 Å². The van der Waals surface area contributed by atoms with Crippen LogP contribution >= 0.6 is 0 Å². The summed E-state index contributed by atoms with van der Waals surface area (Å²) in [5.74, 6) is -1.14. The number of carboxylic acid groups (broad SMARTS) is 1. The van der Waals surface area contributed by atoms with E-state index in [0.717, 1.165) is 41.8 Å². The molecule has 3 nitrogen and oxygen atoms in total. The van der Waals surface area contributed by atoms with Crippen molar-refractivity contribution in [3.8, 4) is 0 Å². The molecule has 3 aliphatic rings. The van der Waals surface area contributed by atoms with Crippen molar-refractivity contribution in [1.29, 1.82) is 0 Å². The number of rotatable bonds is 2. The van der Waals surface area contributed by atoms with Crippen LogP contribution < -0.4 is 0 Å².